The zero-order chi connectivity index (χ0) is 36.2. The van der Waals surface area contributed by atoms with Gasteiger partial charge in [0.05, 0.1) is 39.5 Å². The number of aromatic nitrogens is 1. The summed E-state index contributed by atoms with van der Waals surface area (Å²) in [6.45, 7) is 9.30. The van der Waals surface area contributed by atoms with E-state index in [1.54, 1.807) is 40.0 Å². The molecule has 5 rings (SSSR count). The molecule has 14 nitrogen and oxygen atoms in total. The summed E-state index contributed by atoms with van der Waals surface area (Å²) < 4.78 is 27.9. The molecule has 14 heteroatoms. The molecule has 0 radical (unpaired) electrons. The summed E-state index contributed by atoms with van der Waals surface area (Å²) in [5.41, 5.74) is 0.0495. The molecule has 4 bridgehead atoms. The van der Waals surface area contributed by atoms with Gasteiger partial charge in [-0.25, -0.2) is 19.4 Å². The lowest BCUT2D eigenvalue weighted by atomic mass is 10.0. The SMILES string of the molecule is C=C[C@@H]1C[C@]1(NC(=O)[C@@H]1C[C@@H]2CN1C(=O)[C@H](C(C)C)NC(=O)OCCCCCc1cc3c(cc(C(=O)OC)nc3cc1OC)O2)C(=O)OCC. The monoisotopic (exact) mass is 694 g/mol. The maximum absolute atomic E-state index is 14.2. The fourth-order valence-corrected chi connectivity index (χ4v) is 6.70. The van der Waals surface area contributed by atoms with Gasteiger partial charge in [-0.3, -0.25) is 9.59 Å². The molecular weight excluding hydrogens is 648 g/mol. The van der Waals surface area contributed by atoms with Gasteiger partial charge >= 0.3 is 18.0 Å². The minimum Gasteiger partial charge on any atom is -0.496 e. The molecule has 270 valence electrons. The molecule has 3 aliphatic rings. The molecule has 0 spiro atoms. The van der Waals surface area contributed by atoms with Crippen LogP contribution in [-0.4, -0.2) is 97.4 Å². The number of esters is 2. The molecule has 3 amide bonds. The summed E-state index contributed by atoms with van der Waals surface area (Å²) in [6, 6.07) is 3.05. The normalized spacial score (nSPS) is 25.4. The van der Waals surface area contributed by atoms with Crippen molar-refractivity contribution in [3.63, 3.8) is 0 Å². The molecule has 1 saturated heterocycles. The van der Waals surface area contributed by atoms with Crippen LogP contribution in [-0.2, 0) is 35.0 Å². The molecule has 2 aromatic rings. The zero-order valence-electron chi connectivity index (χ0n) is 29.2. The Balaban J connectivity index is 1.56. The predicted molar refractivity (Wildman–Crippen MR) is 181 cm³/mol. The number of fused-ring (bicyclic) bond motifs is 3. The summed E-state index contributed by atoms with van der Waals surface area (Å²) in [6.07, 6.45) is 3.28. The number of methoxy groups -OCH3 is 2. The van der Waals surface area contributed by atoms with Crippen molar-refractivity contribution in [2.45, 2.75) is 83.0 Å². The summed E-state index contributed by atoms with van der Waals surface area (Å²) >= 11 is 0. The average molecular weight is 695 g/mol. The van der Waals surface area contributed by atoms with E-state index >= 15 is 0 Å². The van der Waals surface area contributed by atoms with E-state index in [1.807, 2.05) is 6.07 Å². The Morgan fingerprint density at radius 3 is 2.62 bits per heavy atom. The van der Waals surface area contributed by atoms with Gasteiger partial charge in [0.25, 0.3) is 0 Å². The standard InChI is InChI=1S/C36H46N4O10/c1-7-22-18-36(22,34(44)48-8-2)39-31(41)27-15-23-19-40(27)32(42)30(20(3)4)38-35(45)49-13-11-9-10-12-21-14-24-25(16-28(21)46-5)37-26(33(43)47-6)17-29(24)50-23/h7,14,16-17,20,22-23,27,30H,1,8-13,15,18-19H2,2-6H3,(H,38,45)(H,39,41)/t22-,23-,27+,30+,36-/m1/s1. The van der Waals surface area contributed by atoms with Crippen LogP contribution in [0.5, 0.6) is 11.5 Å². The third-order valence-electron chi connectivity index (χ3n) is 9.52. The first kappa shape index (κ1) is 36.4. The second-order valence-corrected chi connectivity index (χ2v) is 13.2. The lowest BCUT2D eigenvalue weighted by Crippen LogP contribution is -2.57. The number of nitrogens with one attached hydrogen (secondary N) is 2. The summed E-state index contributed by atoms with van der Waals surface area (Å²) in [5.74, 6) is -2.11. The van der Waals surface area contributed by atoms with E-state index in [4.69, 9.17) is 23.7 Å². The highest BCUT2D eigenvalue weighted by Gasteiger charge is 2.62. The number of ether oxygens (including phenoxy) is 5. The molecule has 2 aliphatic heterocycles. The number of rotatable bonds is 8. The second-order valence-electron chi connectivity index (χ2n) is 13.2. The van der Waals surface area contributed by atoms with Crippen molar-refractivity contribution in [3.05, 3.63) is 42.1 Å². The number of benzene rings is 1. The van der Waals surface area contributed by atoms with Gasteiger partial charge in [-0.15, -0.1) is 6.58 Å². The number of aryl methyl sites for hydroxylation is 1. The first-order chi connectivity index (χ1) is 24.0. The van der Waals surface area contributed by atoms with E-state index < -0.39 is 53.6 Å². The van der Waals surface area contributed by atoms with Crippen LogP contribution in [0.1, 0.15) is 68.9 Å². The number of carbonyl (C=O) groups is 5. The van der Waals surface area contributed by atoms with Crippen LogP contribution in [0, 0.1) is 11.8 Å². The number of hydrogen-bond donors (Lipinski definition) is 2. The van der Waals surface area contributed by atoms with Crippen molar-refractivity contribution in [2.75, 3.05) is 34.0 Å². The maximum atomic E-state index is 14.2. The van der Waals surface area contributed by atoms with E-state index in [0.29, 0.717) is 41.7 Å². The van der Waals surface area contributed by atoms with Crippen molar-refractivity contribution in [3.8, 4) is 11.5 Å². The van der Waals surface area contributed by atoms with Gasteiger partial charge in [0.2, 0.25) is 11.8 Å². The Morgan fingerprint density at radius 1 is 1.18 bits per heavy atom. The van der Waals surface area contributed by atoms with Crippen molar-refractivity contribution in [1.82, 2.24) is 20.5 Å². The number of cyclic esters (lactones) is 1. The molecule has 5 atom stereocenters. The lowest BCUT2D eigenvalue weighted by Gasteiger charge is -2.31. The molecule has 2 fully saturated rings. The van der Waals surface area contributed by atoms with Crippen LogP contribution < -0.4 is 20.1 Å². The van der Waals surface area contributed by atoms with Gasteiger partial charge < -0.3 is 39.2 Å². The van der Waals surface area contributed by atoms with E-state index in [2.05, 4.69) is 22.2 Å². The van der Waals surface area contributed by atoms with E-state index in [0.717, 1.165) is 18.4 Å². The van der Waals surface area contributed by atoms with Crippen LogP contribution in [0.4, 0.5) is 4.79 Å². The second kappa shape index (κ2) is 15.3. The third kappa shape index (κ3) is 7.48. The Kier molecular flexibility index (Phi) is 11.2. The first-order valence-corrected chi connectivity index (χ1v) is 17.1. The molecule has 2 N–H and O–H groups in total. The minimum absolute atomic E-state index is 0.00956. The summed E-state index contributed by atoms with van der Waals surface area (Å²) in [7, 11) is 2.81. The molecule has 1 aliphatic carbocycles. The number of carbonyl (C=O) groups excluding carboxylic acids is 5. The Morgan fingerprint density at radius 2 is 1.96 bits per heavy atom. The van der Waals surface area contributed by atoms with Gasteiger partial charge in [-0.2, -0.15) is 0 Å². The Bertz CT molecular complexity index is 1660. The average Bonchev–Trinajstić information content (AvgIpc) is 3.65. The predicted octanol–water partition coefficient (Wildman–Crippen LogP) is 3.48. The summed E-state index contributed by atoms with van der Waals surface area (Å²) in [4.78, 5) is 72.8. The van der Waals surface area contributed by atoms with Crippen LogP contribution in [0.3, 0.4) is 0 Å². The number of nitrogens with zero attached hydrogens (tertiary/aromatic N) is 2. The summed E-state index contributed by atoms with van der Waals surface area (Å²) in [5, 5.41) is 6.18. The highest BCUT2D eigenvalue weighted by Crippen LogP contribution is 2.46. The number of pyridine rings is 1. The first-order valence-electron chi connectivity index (χ1n) is 17.1. The van der Waals surface area contributed by atoms with E-state index in [1.165, 1.54) is 18.1 Å². The van der Waals surface area contributed by atoms with Crippen molar-refractivity contribution >= 4 is 40.7 Å². The van der Waals surface area contributed by atoms with Gasteiger partial charge in [0.15, 0.2) is 5.69 Å². The van der Waals surface area contributed by atoms with Crippen molar-refractivity contribution in [1.29, 1.82) is 0 Å². The molecule has 1 saturated carbocycles. The molecule has 1 aromatic carbocycles. The van der Waals surface area contributed by atoms with Gasteiger partial charge in [-0.05, 0) is 56.6 Å². The third-order valence-corrected chi connectivity index (χ3v) is 9.52. The van der Waals surface area contributed by atoms with Crippen molar-refractivity contribution < 1.29 is 47.7 Å². The molecular formula is C36H46N4O10. The highest BCUT2D eigenvalue weighted by molar-refractivity contribution is 5.97. The van der Waals surface area contributed by atoms with Crippen LogP contribution >= 0.6 is 0 Å². The van der Waals surface area contributed by atoms with Gasteiger partial charge in [0, 0.05) is 29.9 Å². The van der Waals surface area contributed by atoms with Crippen LogP contribution in [0.15, 0.2) is 30.9 Å². The van der Waals surface area contributed by atoms with E-state index in [9.17, 15) is 24.0 Å². The van der Waals surface area contributed by atoms with Gasteiger partial charge in [-0.1, -0.05) is 19.9 Å². The quantitative estimate of drug-likeness (QED) is 0.236. The topological polar surface area (TPSA) is 172 Å². The van der Waals surface area contributed by atoms with Crippen molar-refractivity contribution in [2.24, 2.45) is 11.8 Å². The maximum Gasteiger partial charge on any atom is 0.407 e. The molecule has 0 unspecified atom stereocenters. The number of amides is 3. The lowest BCUT2D eigenvalue weighted by molar-refractivity contribution is -0.150. The van der Waals surface area contributed by atoms with E-state index in [-0.39, 0.29) is 43.7 Å². The fourth-order valence-electron chi connectivity index (χ4n) is 6.70. The van der Waals surface area contributed by atoms with Crippen LogP contribution in [0.25, 0.3) is 10.9 Å². The molecule has 3 heterocycles. The Labute approximate surface area is 291 Å². The molecule has 1 aromatic heterocycles. The number of hydrogen-bond acceptors (Lipinski definition) is 11. The minimum atomic E-state index is -1.29. The fraction of sp³-hybridized carbons (Fsp3) is 0.556. The Hall–Kier alpha value is -4.88. The van der Waals surface area contributed by atoms with Crippen LogP contribution in [0.2, 0.25) is 0 Å². The van der Waals surface area contributed by atoms with Gasteiger partial charge in [0.1, 0.15) is 35.2 Å². The zero-order valence-corrected chi connectivity index (χ0v) is 29.2. The highest BCUT2D eigenvalue weighted by atomic mass is 16.6. The number of alkyl carbamates (subject to hydrolysis) is 1. The smallest absolute Gasteiger partial charge is 0.407 e. The molecule has 50 heavy (non-hydrogen) atoms. The largest absolute Gasteiger partial charge is 0.496 e.